The zero-order valence-corrected chi connectivity index (χ0v) is 14.2. The molecular formula is C18H28ClNO. The first kappa shape index (κ1) is 16.8. The molecule has 2 rings (SSSR count). The molecule has 1 aromatic carbocycles. The van der Waals surface area contributed by atoms with E-state index in [4.69, 9.17) is 16.3 Å². The molecule has 2 unspecified atom stereocenters. The third-order valence-corrected chi connectivity index (χ3v) is 5.32. The molecule has 0 heterocycles. The van der Waals surface area contributed by atoms with Crippen molar-refractivity contribution in [1.29, 1.82) is 0 Å². The Morgan fingerprint density at radius 3 is 2.67 bits per heavy atom. The summed E-state index contributed by atoms with van der Waals surface area (Å²) in [5.41, 5.74) is 1.46. The third kappa shape index (κ3) is 3.61. The molecule has 0 aliphatic heterocycles. The van der Waals surface area contributed by atoms with Gasteiger partial charge in [-0.3, -0.25) is 0 Å². The maximum absolute atomic E-state index is 6.23. The highest BCUT2D eigenvalue weighted by Crippen LogP contribution is 2.49. The van der Waals surface area contributed by atoms with Gasteiger partial charge < -0.3 is 10.1 Å². The van der Waals surface area contributed by atoms with Gasteiger partial charge in [0.15, 0.2) is 0 Å². The quantitative estimate of drug-likeness (QED) is 0.744. The Morgan fingerprint density at radius 2 is 2.05 bits per heavy atom. The van der Waals surface area contributed by atoms with E-state index < -0.39 is 0 Å². The van der Waals surface area contributed by atoms with Crippen molar-refractivity contribution >= 4 is 11.6 Å². The van der Waals surface area contributed by atoms with Crippen LogP contribution >= 0.6 is 11.6 Å². The van der Waals surface area contributed by atoms with Gasteiger partial charge in [0.2, 0.25) is 0 Å². The Hall–Kier alpha value is -0.570. The van der Waals surface area contributed by atoms with Gasteiger partial charge in [-0.25, -0.2) is 0 Å². The van der Waals surface area contributed by atoms with E-state index in [-0.39, 0.29) is 0 Å². The van der Waals surface area contributed by atoms with Gasteiger partial charge >= 0.3 is 0 Å². The Labute approximate surface area is 134 Å². The minimum atomic E-state index is 0.299. The van der Waals surface area contributed by atoms with Crippen molar-refractivity contribution in [1.82, 2.24) is 5.32 Å². The zero-order valence-electron chi connectivity index (χ0n) is 13.5. The summed E-state index contributed by atoms with van der Waals surface area (Å²) < 4.78 is 6.23. The molecule has 0 bridgehead atoms. The monoisotopic (exact) mass is 309 g/mol. The summed E-state index contributed by atoms with van der Waals surface area (Å²) >= 11 is 6.03. The first-order valence-corrected chi connectivity index (χ1v) is 8.63. The topological polar surface area (TPSA) is 21.3 Å². The average molecular weight is 310 g/mol. The van der Waals surface area contributed by atoms with E-state index in [1.165, 1.54) is 19.3 Å². The molecule has 2 atom stereocenters. The Balaban J connectivity index is 1.94. The lowest BCUT2D eigenvalue weighted by molar-refractivity contribution is -0.147. The van der Waals surface area contributed by atoms with Crippen LogP contribution in [0, 0.1) is 5.41 Å². The molecule has 118 valence electrons. The predicted molar refractivity (Wildman–Crippen MR) is 89.7 cm³/mol. The lowest BCUT2D eigenvalue weighted by atomic mass is 9.58. The Kier molecular flexibility index (Phi) is 6.09. The molecule has 1 N–H and O–H groups in total. The highest BCUT2D eigenvalue weighted by molar-refractivity contribution is 6.30. The van der Waals surface area contributed by atoms with Gasteiger partial charge in [-0.15, -0.1) is 0 Å². The molecule has 0 aromatic heterocycles. The van der Waals surface area contributed by atoms with Crippen LogP contribution in [0.1, 0.15) is 52.0 Å². The molecule has 0 saturated heterocycles. The number of nitrogens with one attached hydrogen (secondary N) is 1. The van der Waals surface area contributed by atoms with Crippen LogP contribution in [-0.4, -0.2) is 18.7 Å². The maximum Gasteiger partial charge on any atom is 0.0721 e. The molecule has 0 amide bonds. The predicted octanol–water partition coefficient (Wildman–Crippen LogP) is 4.80. The summed E-state index contributed by atoms with van der Waals surface area (Å²) in [6.45, 7) is 8.57. The number of benzene rings is 1. The maximum atomic E-state index is 6.23. The molecule has 3 heteroatoms. The fourth-order valence-corrected chi connectivity index (χ4v) is 3.82. The molecule has 0 spiro atoms. The molecule has 1 aliphatic carbocycles. The van der Waals surface area contributed by atoms with Gasteiger partial charge in [0, 0.05) is 16.5 Å². The summed E-state index contributed by atoms with van der Waals surface area (Å²) in [4.78, 5) is 0. The van der Waals surface area contributed by atoms with E-state index in [9.17, 15) is 0 Å². The SMILES string of the molecule is CCCNC1CC(OCc2cccc(Cl)c2)C1(CC)CC. The minimum absolute atomic E-state index is 0.299. The van der Waals surface area contributed by atoms with Crippen LogP contribution in [0.15, 0.2) is 24.3 Å². The molecule has 21 heavy (non-hydrogen) atoms. The second-order valence-corrected chi connectivity index (χ2v) is 6.55. The van der Waals surface area contributed by atoms with Crippen molar-refractivity contribution in [3.8, 4) is 0 Å². The van der Waals surface area contributed by atoms with Crippen molar-refractivity contribution in [2.75, 3.05) is 6.54 Å². The van der Waals surface area contributed by atoms with Crippen molar-refractivity contribution in [2.24, 2.45) is 5.41 Å². The van der Waals surface area contributed by atoms with Crippen LogP contribution in [-0.2, 0) is 11.3 Å². The Bertz CT molecular complexity index is 445. The van der Waals surface area contributed by atoms with E-state index in [0.717, 1.165) is 23.6 Å². The highest BCUT2D eigenvalue weighted by Gasteiger charge is 2.52. The minimum Gasteiger partial charge on any atom is -0.373 e. The third-order valence-electron chi connectivity index (χ3n) is 5.08. The van der Waals surface area contributed by atoms with Crippen molar-refractivity contribution in [3.63, 3.8) is 0 Å². The van der Waals surface area contributed by atoms with Crippen LogP contribution in [0.2, 0.25) is 5.02 Å². The van der Waals surface area contributed by atoms with Gasteiger partial charge in [-0.2, -0.15) is 0 Å². The van der Waals surface area contributed by atoms with Crippen LogP contribution in [0.3, 0.4) is 0 Å². The first-order valence-electron chi connectivity index (χ1n) is 8.25. The summed E-state index contributed by atoms with van der Waals surface area (Å²) in [5.74, 6) is 0. The van der Waals surface area contributed by atoms with Crippen LogP contribution in [0.4, 0.5) is 0 Å². The molecule has 0 radical (unpaired) electrons. The van der Waals surface area contributed by atoms with Gasteiger partial charge in [-0.1, -0.05) is 44.5 Å². The smallest absolute Gasteiger partial charge is 0.0721 e. The number of ether oxygens (including phenoxy) is 1. The number of hydrogen-bond donors (Lipinski definition) is 1. The summed E-state index contributed by atoms with van der Waals surface area (Å²) in [6, 6.07) is 8.57. The lowest BCUT2D eigenvalue weighted by Crippen LogP contribution is -2.63. The second kappa shape index (κ2) is 7.62. The molecule has 1 saturated carbocycles. The van der Waals surface area contributed by atoms with Crippen LogP contribution in [0.5, 0.6) is 0 Å². The van der Waals surface area contributed by atoms with E-state index >= 15 is 0 Å². The number of hydrogen-bond acceptors (Lipinski definition) is 2. The zero-order chi connectivity index (χ0) is 15.3. The van der Waals surface area contributed by atoms with E-state index in [1.807, 2.05) is 18.2 Å². The largest absolute Gasteiger partial charge is 0.373 e. The highest BCUT2D eigenvalue weighted by atomic mass is 35.5. The number of halogens is 1. The summed E-state index contributed by atoms with van der Waals surface area (Å²) in [7, 11) is 0. The van der Waals surface area contributed by atoms with E-state index in [0.29, 0.717) is 24.2 Å². The fraction of sp³-hybridized carbons (Fsp3) is 0.667. The van der Waals surface area contributed by atoms with Crippen molar-refractivity contribution < 1.29 is 4.74 Å². The van der Waals surface area contributed by atoms with E-state index in [1.54, 1.807) is 0 Å². The van der Waals surface area contributed by atoms with Gasteiger partial charge in [0.1, 0.15) is 0 Å². The Morgan fingerprint density at radius 1 is 1.29 bits per heavy atom. The fourth-order valence-electron chi connectivity index (χ4n) is 3.61. The second-order valence-electron chi connectivity index (χ2n) is 6.11. The van der Waals surface area contributed by atoms with Crippen LogP contribution < -0.4 is 5.32 Å². The lowest BCUT2D eigenvalue weighted by Gasteiger charge is -2.55. The van der Waals surface area contributed by atoms with Gasteiger partial charge in [0.05, 0.1) is 12.7 Å². The standard InChI is InChI=1S/C18H28ClNO/c1-4-10-20-16-12-17(18(16,5-2)6-3)21-13-14-8-7-9-15(19)11-14/h7-9,11,16-17,20H,4-6,10,12-13H2,1-3H3. The molecule has 1 aromatic rings. The average Bonchev–Trinajstić information content (AvgIpc) is 2.47. The summed E-state index contributed by atoms with van der Waals surface area (Å²) in [5, 5.41) is 4.48. The van der Waals surface area contributed by atoms with Gasteiger partial charge in [-0.05, 0) is 49.9 Å². The molecule has 1 aliphatic rings. The first-order chi connectivity index (χ1) is 10.2. The van der Waals surface area contributed by atoms with E-state index in [2.05, 4.69) is 32.2 Å². The van der Waals surface area contributed by atoms with Gasteiger partial charge in [0.25, 0.3) is 0 Å². The van der Waals surface area contributed by atoms with Crippen LogP contribution in [0.25, 0.3) is 0 Å². The number of rotatable bonds is 8. The normalized spacial score (nSPS) is 23.8. The molecule has 2 nitrogen and oxygen atoms in total. The molecular weight excluding hydrogens is 282 g/mol. The molecule has 1 fully saturated rings. The van der Waals surface area contributed by atoms with Crippen molar-refractivity contribution in [3.05, 3.63) is 34.9 Å². The summed E-state index contributed by atoms with van der Waals surface area (Å²) in [6.07, 6.45) is 5.02. The van der Waals surface area contributed by atoms with Crippen molar-refractivity contribution in [2.45, 2.75) is 65.2 Å².